The number of likely N-dealkylation sites (tertiary alicyclic amines) is 1. The minimum Gasteiger partial charge on any atom is -0.497 e. The van der Waals surface area contributed by atoms with E-state index in [0.717, 1.165) is 94.8 Å². The lowest BCUT2D eigenvalue weighted by molar-refractivity contribution is -0.384. The molecule has 2 atom stereocenters. The average molecular weight is 1100 g/mol. The molecule has 1 aliphatic carbocycles. The number of ether oxygens (including phenoxy) is 3. The van der Waals surface area contributed by atoms with E-state index < -0.39 is 37.3 Å². The highest BCUT2D eigenvalue weighted by Crippen LogP contribution is 2.53. The van der Waals surface area contributed by atoms with Gasteiger partial charge in [-0.2, -0.15) is 4.98 Å². The fourth-order valence-corrected chi connectivity index (χ4v) is 12.8. The molecule has 0 bridgehead atoms. The van der Waals surface area contributed by atoms with Crippen molar-refractivity contribution in [2.24, 2.45) is 5.41 Å². The Labute approximate surface area is 459 Å². The molecule has 4 aliphatic rings. The van der Waals surface area contributed by atoms with E-state index >= 15 is 0 Å². The van der Waals surface area contributed by atoms with Crippen molar-refractivity contribution >= 4 is 50.1 Å². The molecule has 3 N–H and O–H groups in total. The van der Waals surface area contributed by atoms with Gasteiger partial charge in [-0.3, -0.25) is 29.5 Å². The third-order valence-electron chi connectivity index (χ3n) is 16.1. The van der Waals surface area contributed by atoms with E-state index in [1.807, 2.05) is 12.1 Å². The molecule has 6 heterocycles. The number of fused-ring (bicyclic) bond motifs is 1. The molecule has 6 aromatic rings. The second-order valence-electron chi connectivity index (χ2n) is 21.9. The zero-order valence-electron chi connectivity index (χ0n) is 45.4. The Balaban J connectivity index is 0.855. The van der Waals surface area contributed by atoms with E-state index in [4.69, 9.17) is 14.2 Å². The lowest BCUT2D eigenvalue weighted by atomic mass is 9.59. The molecule has 4 fully saturated rings. The summed E-state index contributed by atoms with van der Waals surface area (Å²) in [5.41, 5.74) is 4.29. The van der Waals surface area contributed by atoms with Crippen molar-refractivity contribution in [1.82, 2.24) is 39.3 Å². The second kappa shape index (κ2) is 22.8. The Morgan fingerprint density at radius 2 is 1.71 bits per heavy atom. The van der Waals surface area contributed by atoms with Crippen LogP contribution in [0.1, 0.15) is 85.0 Å². The van der Waals surface area contributed by atoms with Crippen LogP contribution in [-0.2, 0) is 21.4 Å². The quantitative estimate of drug-likeness (QED) is 0.0549. The number of rotatable bonds is 18. The fraction of sp³-hybridized carbons (Fsp3) is 0.439. The second-order valence-corrected chi connectivity index (χ2v) is 23.6. The minimum atomic E-state index is -4.78. The molecule has 1 unspecified atom stereocenters. The van der Waals surface area contributed by atoms with E-state index in [9.17, 15) is 32.5 Å². The van der Waals surface area contributed by atoms with Gasteiger partial charge in [-0.1, -0.05) is 50.2 Å². The van der Waals surface area contributed by atoms with Crippen LogP contribution in [-0.4, -0.2) is 152 Å². The van der Waals surface area contributed by atoms with Gasteiger partial charge in [-0.15, -0.1) is 0 Å². The lowest BCUT2D eigenvalue weighted by Gasteiger charge is -2.58. The number of H-pyrrole nitrogens is 1. The van der Waals surface area contributed by atoms with Gasteiger partial charge in [0.25, 0.3) is 21.8 Å². The van der Waals surface area contributed by atoms with Gasteiger partial charge in [0, 0.05) is 101 Å². The molecule has 22 heteroatoms. The molecule has 3 aromatic carbocycles. The summed E-state index contributed by atoms with van der Waals surface area (Å²) in [5, 5.41) is 15.4. The Morgan fingerprint density at radius 1 is 0.949 bits per heavy atom. The van der Waals surface area contributed by atoms with Gasteiger partial charge >= 0.3 is 5.69 Å². The van der Waals surface area contributed by atoms with Crippen LogP contribution in [0.3, 0.4) is 0 Å². The zero-order chi connectivity index (χ0) is 55.8. The number of piperazine rings is 1. The first-order chi connectivity index (χ1) is 37.9. The number of pyridine rings is 2. The first kappa shape index (κ1) is 54.9. The number of anilines is 2. The molecular formula is C57H68FN11O9S. The van der Waals surface area contributed by atoms with E-state index in [0.29, 0.717) is 24.9 Å². The summed E-state index contributed by atoms with van der Waals surface area (Å²) in [5.74, 6) is -0.861. The smallest absolute Gasteiger partial charge is 0.312 e. The van der Waals surface area contributed by atoms with Gasteiger partial charge in [0.15, 0.2) is 5.75 Å². The SMILES string of the molecule is COc1ccc(CN2CCN(C3CC4(CCN(c5ccc(C(=O)NS(=O)(=O)c6cnc(NC7CCN(C(=O)CN(C)C)C7)c([N+](=O)[O-])c6)c(Oc6cc7c(F)c[nH]c7nc6OC)c5)CC4)C3)[C@H](c3ccccc3C(C)C)C2)cc1. The maximum absolute atomic E-state index is 14.9. The Kier molecular flexibility index (Phi) is 15.8. The molecular weight excluding hydrogens is 1030 g/mol. The average Bonchev–Trinajstić information content (AvgIpc) is 4.24. The van der Waals surface area contributed by atoms with Crippen molar-refractivity contribution < 1.29 is 41.5 Å². The van der Waals surface area contributed by atoms with Crippen LogP contribution in [0.4, 0.5) is 21.6 Å². The van der Waals surface area contributed by atoms with Crippen molar-refractivity contribution in [2.45, 2.75) is 81.4 Å². The van der Waals surface area contributed by atoms with Gasteiger partial charge in [0.2, 0.25) is 11.7 Å². The van der Waals surface area contributed by atoms with E-state index in [1.54, 1.807) is 43.1 Å². The number of likely N-dealkylation sites (N-methyl/N-ethyl adjacent to an activating group) is 1. The maximum atomic E-state index is 14.9. The number of sulfonamides is 1. The molecule has 1 saturated carbocycles. The monoisotopic (exact) mass is 1100 g/mol. The zero-order valence-corrected chi connectivity index (χ0v) is 46.2. The van der Waals surface area contributed by atoms with Crippen molar-refractivity contribution in [1.29, 1.82) is 0 Å². The van der Waals surface area contributed by atoms with Crippen LogP contribution in [0.25, 0.3) is 11.0 Å². The number of hydrogen-bond acceptors (Lipinski definition) is 16. The maximum Gasteiger partial charge on any atom is 0.312 e. The van der Waals surface area contributed by atoms with Crippen molar-refractivity contribution in [2.75, 3.05) is 90.9 Å². The number of nitro groups is 1. The third-order valence-corrected chi connectivity index (χ3v) is 17.4. The molecule has 0 radical (unpaired) electrons. The first-order valence-electron chi connectivity index (χ1n) is 26.8. The highest BCUT2D eigenvalue weighted by molar-refractivity contribution is 7.90. The fourth-order valence-electron chi connectivity index (χ4n) is 11.9. The number of nitrogens with zero attached hydrogens (tertiary/aromatic N) is 8. The van der Waals surface area contributed by atoms with Crippen molar-refractivity contribution in [3.05, 3.63) is 129 Å². The number of amides is 2. The van der Waals surface area contributed by atoms with Gasteiger partial charge in [-0.05, 0) is 98.5 Å². The molecule has 10 rings (SSSR count). The van der Waals surface area contributed by atoms with E-state index in [-0.39, 0.29) is 76.3 Å². The van der Waals surface area contributed by atoms with Crippen LogP contribution in [0.5, 0.6) is 23.1 Å². The van der Waals surface area contributed by atoms with Crippen LogP contribution in [0.15, 0.2) is 96.2 Å². The summed E-state index contributed by atoms with van der Waals surface area (Å²) in [7, 11) is 1.84. The Bertz CT molecular complexity index is 3340. The number of hydrogen-bond donors (Lipinski definition) is 3. The number of aromatic amines is 1. The van der Waals surface area contributed by atoms with Gasteiger partial charge in [0.05, 0.1) is 42.8 Å². The molecule has 3 saturated heterocycles. The summed E-state index contributed by atoms with van der Waals surface area (Å²) in [4.78, 5) is 60.0. The number of carbonyl (C=O) groups excluding carboxylic acids is 2. The van der Waals surface area contributed by atoms with Crippen LogP contribution in [0, 0.1) is 21.3 Å². The molecule has 79 heavy (non-hydrogen) atoms. The number of methoxy groups -OCH3 is 2. The van der Waals surface area contributed by atoms with Gasteiger partial charge in [0.1, 0.15) is 27.9 Å². The van der Waals surface area contributed by atoms with Crippen LogP contribution in [0.2, 0.25) is 0 Å². The predicted molar refractivity (Wildman–Crippen MR) is 297 cm³/mol. The molecule has 20 nitrogen and oxygen atoms in total. The van der Waals surface area contributed by atoms with Crippen LogP contribution >= 0.6 is 0 Å². The molecule has 1 spiro atoms. The molecule has 2 amide bonds. The van der Waals surface area contributed by atoms with Crippen molar-refractivity contribution in [3.8, 4) is 23.1 Å². The molecule has 418 valence electrons. The standard InChI is InChI=1S/C57H68FN11O9S/c1-36(2)43-9-7-8-10-44(43)49-34-65(32-37-11-14-41(76-5)15-12-37)23-24-68(49)40-28-57(29-40)18-21-66(22-19-57)39-13-16-45(50(25-39)78-51-27-46-47(58)31-60-53(46)62-56(51)77-6)55(71)63-79(74,75)42-26-48(69(72)73)54(59-30-42)61-38-17-20-67(33-38)52(70)35-64(3)4/h7-16,25-27,30-31,36,38,40,49H,17-24,28-29,32-35H2,1-6H3,(H,59,61)(H,60,62)(H,63,71)/t38?,49-/m0/s1. The van der Waals surface area contributed by atoms with Crippen molar-refractivity contribution in [3.63, 3.8) is 0 Å². The third kappa shape index (κ3) is 11.8. The number of nitrogens with one attached hydrogen (secondary N) is 3. The summed E-state index contributed by atoms with van der Waals surface area (Å²) < 4.78 is 62.2. The van der Waals surface area contributed by atoms with E-state index in [2.05, 4.69) is 89.9 Å². The summed E-state index contributed by atoms with van der Waals surface area (Å²) in [6.07, 6.45) is 6.62. The Morgan fingerprint density at radius 3 is 2.42 bits per heavy atom. The number of piperidine rings is 1. The van der Waals surface area contributed by atoms with E-state index in [1.165, 1.54) is 35.9 Å². The molecule has 3 aromatic heterocycles. The number of carbonyl (C=O) groups is 2. The largest absolute Gasteiger partial charge is 0.497 e. The molecule has 3 aliphatic heterocycles. The van der Waals surface area contributed by atoms with Crippen LogP contribution < -0.4 is 29.1 Å². The topological polar surface area (TPSA) is 221 Å². The highest BCUT2D eigenvalue weighted by Gasteiger charge is 2.50. The first-order valence-corrected chi connectivity index (χ1v) is 28.3. The normalized spacial score (nSPS) is 19.0. The number of benzene rings is 3. The van der Waals surface area contributed by atoms with Gasteiger partial charge in [-0.25, -0.2) is 22.5 Å². The number of halogens is 1. The number of aromatic nitrogens is 3. The summed E-state index contributed by atoms with van der Waals surface area (Å²) >= 11 is 0. The highest BCUT2D eigenvalue weighted by atomic mass is 32.2. The summed E-state index contributed by atoms with van der Waals surface area (Å²) in [6.45, 7) is 10.6. The predicted octanol–water partition coefficient (Wildman–Crippen LogP) is 7.94. The Hall–Kier alpha value is -7.40. The lowest BCUT2D eigenvalue weighted by Crippen LogP contribution is -2.60. The summed E-state index contributed by atoms with van der Waals surface area (Å²) in [6, 6.07) is 24.6. The minimum absolute atomic E-state index is 0.0238. The van der Waals surface area contributed by atoms with Gasteiger partial charge < -0.3 is 39.2 Å².